The fourth-order valence-electron chi connectivity index (χ4n) is 0.370. The fraction of sp³-hybridized carbons (Fsp3) is 0. The normalized spacial score (nSPS) is 8.71. The number of H-pyrrole nitrogens is 1. The van der Waals surface area contributed by atoms with E-state index in [0.717, 1.165) is 5.69 Å². The number of nitrogens with two attached hydrogens (primary N) is 1. The van der Waals surface area contributed by atoms with Crippen LogP contribution in [-0.2, 0) is 0 Å². The van der Waals surface area contributed by atoms with Crippen molar-refractivity contribution in [2.24, 2.45) is 5.84 Å². The average Bonchev–Trinajstić information content (AvgIpc) is 2.14. The number of hydrogen-bond donors (Lipinski definition) is 3. The molecule has 1 rings (SSSR count). The second-order valence-electron chi connectivity index (χ2n) is 1.16. The van der Waals surface area contributed by atoms with Gasteiger partial charge in [-0.3, -0.25) is 5.84 Å². The van der Waals surface area contributed by atoms with Crippen LogP contribution in [0.1, 0.15) is 0 Å². The number of aromatic amines is 1. The van der Waals surface area contributed by atoms with Crippen molar-refractivity contribution < 1.29 is 0 Å². The first-order valence-corrected chi connectivity index (χ1v) is 1.95. The molecule has 4 N–H and O–H groups in total. The number of nitrogens with one attached hydrogen (secondary N) is 2. The first kappa shape index (κ1) is 4.21. The van der Waals surface area contributed by atoms with Gasteiger partial charge in [0.2, 0.25) is 0 Å². The van der Waals surface area contributed by atoms with Crippen LogP contribution in [0, 0.1) is 6.20 Å². The van der Waals surface area contributed by atoms with Crippen molar-refractivity contribution in [1.29, 1.82) is 0 Å². The zero-order valence-electron chi connectivity index (χ0n) is 3.73. The summed E-state index contributed by atoms with van der Waals surface area (Å²) >= 11 is 0. The summed E-state index contributed by atoms with van der Waals surface area (Å²) < 4.78 is 0. The van der Waals surface area contributed by atoms with Crippen LogP contribution in [0.15, 0.2) is 12.3 Å². The molecule has 0 unspecified atom stereocenters. The summed E-state index contributed by atoms with van der Waals surface area (Å²) in [5.74, 6) is 4.99. The quantitative estimate of drug-likeness (QED) is 0.343. The molecule has 3 nitrogen and oxygen atoms in total. The molecule has 3 heteroatoms. The van der Waals surface area contributed by atoms with Crippen LogP contribution in [0.3, 0.4) is 0 Å². The Labute approximate surface area is 41.5 Å². The zero-order chi connectivity index (χ0) is 5.11. The van der Waals surface area contributed by atoms with E-state index < -0.39 is 0 Å². The molecule has 0 bridgehead atoms. The van der Waals surface area contributed by atoms with Gasteiger partial charge in [0.1, 0.15) is 0 Å². The summed E-state index contributed by atoms with van der Waals surface area (Å²) in [4.78, 5) is 2.71. The minimum absolute atomic E-state index is 0.778. The lowest BCUT2D eigenvalue weighted by Crippen LogP contribution is -2.04. The van der Waals surface area contributed by atoms with Gasteiger partial charge < -0.3 is 10.4 Å². The van der Waals surface area contributed by atoms with Gasteiger partial charge in [-0.05, 0) is 6.07 Å². The first-order valence-electron chi connectivity index (χ1n) is 1.95. The number of nitrogen functional groups attached to an aromatic ring is 1. The van der Waals surface area contributed by atoms with E-state index >= 15 is 0 Å². The standard InChI is InChI=1S/C4H6N3/c5-7-4-1-2-6-3-4/h1-2,6-7H,5H2. The van der Waals surface area contributed by atoms with Crippen molar-refractivity contribution >= 4 is 5.69 Å². The Morgan fingerprint density at radius 2 is 2.71 bits per heavy atom. The maximum atomic E-state index is 4.99. The highest BCUT2D eigenvalue weighted by atomic mass is 15.2. The van der Waals surface area contributed by atoms with Crippen LogP contribution in [0.5, 0.6) is 0 Å². The fourth-order valence-corrected chi connectivity index (χ4v) is 0.370. The van der Waals surface area contributed by atoms with Gasteiger partial charge in [-0.15, -0.1) is 0 Å². The number of hydrogen-bond acceptors (Lipinski definition) is 2. The van der Waals surface area contributed by atoms with Crippen LogP contribution in [-0.4, -0.2) is 4.98 Å². The molecule has 0 fully saturated rings. The molecule has 0 amide bonds. The summed E-state index contributed by atoms with van der Waals surface area (Å²) in [6.45, 7) is 0. The molecular formula is C4H6N3. The van der Waals surface area contributed by atoms with Gasteiger partial charge in [0, 0.05) is 6.20 Å². The Kier molecular flexibility index (Phi) is 0.997. The largest absolute Gasteiger partial charge is 0.358 e. The number of aromatic nitrogens is 1. The molecule has 0 saturated heterocycles. The second kappa shape index (κ2) is 1.66. The van der Waals surface area contributed by atoms with Gasteiger partial charge >= 0.3 is 0 Å². The Morgan fingerprint density at radius 1 is 1.86 bits per heavy atom. The van der Waals surface area contributed by atoms with E-state index in [1.807, 2.05) is 0 Å². The van der Waals surface area contributed by atoms with Crippen LogP contribution in [0.4, 0.5) is 5.69 Å². The van der Waals surface area contributed by atoms with Crippen LogP contribution in [0.2, 0.25) is 0 Å². The Balaban J connectivity index is 2.76. The Hall–Kier alpha value is -0.960. The molecule has 0 atom stereocenters. The minimum atomic E-state index is 0.778. The van der Waals surface area contributed by atoms with Gasteiger partial charge in [-0.1, -0.05) is 0 Å². The molecule has 0 saturated carbocycles. The maximum absolute atomic E-state index is 4.99. The molecule has 1 aromatic heterocycles. The predicted octanol–water partition coefficient (Wildman–Crippen LogP) is 0.100. The topological polar surface area (TPSA) is 53.8 Å². The second-order valence-corrected chi connectivity index (χ2v) is 1.16. The summed E-state index contributed by atoms with van der Waals surface area (Å²) in [6.07, 6.45) is 4.47. The molecule has 0 aliphatic carbocycles. The molecule has 37 valence electrons. The van der Waals surface area contributed by atoms with Crippen LogP contribution >= 0.6 is 0 Å². The summed E-state index contributed by atoms with van der Waals surface area (Å²) in [6, 6.07) is 1.79. The summed E-state index contributed by atoms with van der Waals surface area (Å²) in [7, 11) is 0. The number of anilines is 1. The molecule has 1 heterocycles. The van der Waals surface area contributed by atoms with E-state index in [-0.39, 0.29) is 0 Å². The van der Waals surface area contributed by atoms with Gasteiger partial charge in [0.15, 0.2) is 0 Å². The third kappa shape index (κ3) is 0.721. The highest BCUT2D eigenvalue weighted by molar-refractivity contribution is 5.36. The van der Waals surface area contributed by atoms with Crippen molar-refractivity contribution in [3.05, 3.63) is 18.5 Å². The molecule has 0 aliphatic rings. The van der Waals surface area contributed by atoms with Crippen molar-refractivity contribution in [1.82, 2.24) is 4.98 Å². The monoisotopic (exact) mass is 96.1 g/mol. The Bertz CT molecular complexity index is 121. The van der Waals surface area contributed by atoms with Crippen LogP contribution in [0.25, 0.3) is 0 Å². The molecule has 0 aliphatic heterocycles. The predicted molar refractivity (Wildman–Crippen MR) is 27.4 cm³/mol. The third-order valence-corrected chi connectivity index (χ3v) is 0.696. The van der Waals surface area contributed by atoms with E-state index in [2.05, 4.69) is 16.6 Å². The van der Waals surface area contributed by atoms with Gasteiger partial charge in [-0.25, -0.2) is 0 Å². The van der Waals surface area contributed by atoms with Crippen molar-refractivity contribution in [2.75, 3.05) is 5.43 Å². The molecular weight excluding hydrogens is 90.1 g/mol. The molecule has 0 spiro atoms. The molecule has 0 aromatic carbocycles. The molecule has 1 radical (unpaired) electrons. The first-order chi connectivity index (χ1) is 3.43. The third-order valence-electron chi connectivity index (χ3n) is 0.696. The lowest BCUT2D eigenvalue weighted by Gasteiger charge is -1.85. The highest BCUT2D eigenvalue weighted by Gasteiger charge is 1.81. The van der Waals surface area contributed by atoms with Crippen molar-refractivity contribution in [3.8, 4) is 0 Å². The van der Waals surface area contributed by atoms with Gasteiger partial charge in [-0.2, -0.15) is 0 Å². The van der Waals surface area contributed by atoms with Crippen molar-refractivity contribution in [3.63, 3.8) is 0 Å². The SMILES string of the molecule is NNc1[c][nH]cc1. The minimum Gasteiger partial charge on any atom is -0.358 e. The van der Waals surface area contributed by atoms with E-state index in [1.165, 1.54) is 0 Å². The van der Waals surface area contributed by atoms with Crippen molar-refractivity contribution in [2.45, 2.75) is 0 Å². The van der Waals surface area contributed by atoms with E-state index in [1.54, 1.807) is 12.3 Å². The molecule has 7 heavy (non-hydrogen) atoms. The van der Waals surface area contributed by atoms with Gasteiger partial charge in [0.05, 0.1) is 11.9 Å². The van der Waals surface area contributed by atoms with E-state index in [9.17, 15) is 0 Å². The lowest BCUT2D eigenvalue weighted by molar-refractivity contribution is 1.33. The number of hydrazine groups is 1. The van der Waals surface area contributed by atoms with E-state index in [4.69, 9.17) is 5.84 Å². The lowest BCUT2D eigenvalue weighted by atomic mass is 10.6. The highest BCUT2D eigenvalue weighted by Crippen LogP contribution is 1.97. The summed E-state index contributed by atoms with van der Waals surface area (Å²) in [5.41, 5.74) is 3.20. The number of rotatable bonds is 1. The maximum Gasteiger partial charge on any atom is 0.0890 e. The van der Waals surface area contributed by atoms with Crippen LogP contribution < -0.4 is 11.3 Å². The average molecular weight is 96.1 g/mol. The Morgan fingerprint density at radius 3 is 3.00 bits per heavy atom. The smallest absolute Gasteiger partial charge is 0.0890 e. The molecule has 1 aromatic rings. The zero-order valence-corrected chi connectivity index (χ0v) is 3.73. The van der Waals surface area contributed by atoms with E-state index in [0.29, 0.717) is 0 Å². The van der Waals surface area contributed by atoms with Gasteiger partial charge in [0.25, 0.3) is 0 Å². The summed E-state index contributed by atoms with van der Waals surface area (Å²) in [5, 5.41) is 0.